The number of hydrogen-bond acceptors (Lipinski definition) is 8. The molecule has 0 aliphatic heterocycles. The van der Waals surface area contributed by atoms with E-state index in [9.17, 15) is 0 Å². The van der Waals surface area contributed by atoms with Gasteiger partial charge in [-0.3, -0.25) is 0 Å². The molecule has 12 aromatic rings. The van der Waals surface area contributed by atoms with Crippen molar-refractivity contribution < 1.29 is 0 Å². The molecule has 0 amide bonds. The van der Waals surface area contributed by atoms with Gasteiger partial charge in [-0.05, 0) is 86.3 Å². The van der Waals surface area contributed by atoms with Crippen molar-refractivity contribution in [3.63, 3.8) is 0 Å². The Labute approximate surface area is 418 Å². The SMILES string of the molecule is CCc1cncn1N(c1ccccc1)c1cc(N(c2ccccc2)n2cncc2CC)c2ccc3c(N(c4ccccc4)n4cncc4CC)cc(N(c4ccccc4)n4cncc4CC)c4ccc1c2c43. The van der Waals surface area contributed by atoms with Crippen LogP contribution < -0.4 is 20.0 Å². The number of rotatable bonds is 16. The summed E-state index contributed by atoms with van der Waals surface area (Å²) in [5, 5.41) is 15.8. The Hall–Kier alpha value is -9.16. The minimum absolute atomic E-state index is 0.784. The minimum atomic E-state index is 0.784. The fraction of sp³-hybridized carbons (Fsp3) is 0.133. The molecule has 0 spiro atoms. The molecule has 354 valence electrons. The van der Waals surface area contributed by atoms with E-state index in [0.717, 1.165) is 126 Å². The van der Waals surface area contributed by atoms with Crippen LogP contribution in [0.15, 0.2) is 208 Å². The van der Waals surface area contributed by atoms with Crippen LogP contribution in [-0.4, -0.2) is 38.6 Å². The highest BCUT2D eigenvalue weighted by atomic mass is 15.6. The Kier molecular flexibility index (Phi) is 11.4. The lowest BCUT2D eigenvalue weighted by molar-refractivity contribution is 0.755. The summed E-state index contributed by atoms with van der Waals surface area (Å²) in [6.07, 6.45) is 18.7. The van der Waals surface area contributed by atoms with Gasteiger partial charge in [-0.25, -0.2) is 58.7 Å². The number of aryl methyl sites for hydroxylation is 4. The molecule has 0 radical (unpaired) electrons. The zero-order valence-corrected chi connectivity index (χ0v) is 40.8. The topological polar surface area (TPSA) is 84.2 Å². The van der Waals surface area contributed by atoms with Crippen LogP contribution in [0.2, 0.25) is 0 Å². The maximum Gasteiger partial charge on any atom is 0.115 e. The van der Waals surface area contributed by atoms with Gasteiger partial charge >= 0.3 is 0 Å². The molecule has 0 saturated heterocycles. The summed E-state index contributed by atoms with van der Waals surface area (Å²) in [4.78, 5) is 19.1. The Balaban J connectivity index is 1.30. The van der Waals surface area contributed by atoms with Crippen molar-refractivity contribution in [1.29, 1.82) is 0 Å². The summed E-state index contributed by atoms with van der Waals surface area (Å²) in [6, 6.07) is 56.5. The fourth-order valence-corrected chi connectivity index (χ4v) is 10.4. The molecule has 0 N–H and O–H groups in total. The first-order valence-corrected chi connectivity index (χ1v) is 24.8. The van der Waals surface area contributed by atoms with Crippen molar-refractivity contribution in [3.8, 4) is 0 Å². The predicted molar refractivity (Wildman–Crippen MR) is 292 cm³/mol. The molecule has 0 atom stereocenters. The molecular weight excluding hydrogens is 889 g/mol. The minimum Gasteiger partial charge on any atom is -0.248 e. The number of imidazole rings is 4. The first kappa shape index (κ1) is 44.1. The van der Waals surface area contributed by atoms with E-state index in [-0.39, 0.29) is 0 Å². The summed E-state index contributed by atoms with van der Waals surface area (Å²) < 4.78 is 8.81. The van der Waals surface area contributed by atoms with Crippen LogP contribution in [-0.2, 0) is 25.7 Å². The van der Waals surface area contributed by atoms with Gasteiger partial charge in [0.15, 0.2) is 0 Å². The molecule has 0 aliphatic carbocycles. The third-order valence-corrected chi connectivity index (χ3v) is 13.8. The Morgan fingerprint density at radius 3 is 0.736 bits per heavy atom. The van der Waals surface area contributed by atoms with Crippen molar-refractivity contribution in [2.75, 3.05) is 20.0 Å². The van der Waals surface area contributed by atoms with Crippen molar-refractivity contribution in [2.24, 2.45) is 0 Å². The summed E-state index contributed by atoms with van der Waals surface area (Å²) in [6.45, 7) is 8.73. The maximum atomic E-state index is 4.76. The van der Waals surface area contributed by atoms with Gasteiger partial charge in [0.05, 0.1) is 93.1 Å². The van der Waals surface area contributed by atoms with Crippen LogP contribution in [0.5, 0.6) is 0 Å². The van der Waals surface area contributed by atoms with Gasteiger partial charge in [-0.15, -0.1) is 0 Å². The van der Waals surface area contributed by atoms with Crippen LogP contribution in [0.4, 0.5) is 45.5 Å². The molecule has 12 rings (SSSR count). The zero-order chi connectivity index (χ0) is 48.7. The van der Waals surface area contributed by atoms with E-state index in [4.69, 9.17) is 19.9 Å². The third kappa shape index (κ3) is 7.29. The van der Waals surface area contributed by atoms with Crippen LogP contribution in [0, 0.1) is 0 Å². The van der Waals surface area contributed by atoms with E-state index in [2.05, 4.69) is 224 Å². The van der Waals surface area contributed by atoms with Crippen molar-refractivity contribution in [3.05, 3.63) is 231 Å². The van der Waals surface area contributed by atoms with E-state index in [1.54, 1.807) is 0 Å². The van der Waals surface area contributed by atoms with Gasteiger partial charge in [0, 0.05) is 32.3 Å². The fourth-order valence-electron chi connectivity index (χ4n) is 10.4. The van der Waals surface area contributed by atoms with Gasteiger partial charge in [-0.1, -0.05) is 125 Å². The number of anilines is 8. The molecule has 4 aromatic heterocycles. The second-order valence-corrected chi connectivity index (χ2v) is 17.8. The van der Waals surface area contributed by atoms with E-state index in [0.29, 0.717) is 0 Å². The van der Waals surface area contributed by atoms with E-state index in [1.165, 1.54) is 0 Å². The standard InChI is InChI=1S/C60H54N12/c1-5-43-35-61-39-65(43)69(47-21-13-9-14-22-47)55-33-56(70(48-23-15-10-16-24-48)66-40-62-36-44(66)6-2)52-31-32-54-58(72(50-27-19-12-20-28-50)68-42-64-38-46(68)8-4)34-57(53-30-29-51(55)59(52)60(53)54)71(49-25-17-11-18-26-49)67-41-63-37-45(67)7-3/h9-42H,5-8H2,1-4H3. The normalized spacial score (nSPS) is 11.6. The van der Waals surface area contributed by atoms with Crippen LogP contribution >= 0.6 is 0 Å². The summed E-state index contributed by atoms with van der Waals surface area (Å²) in [5.41, 5.74) is 12.3. The molecule has 4 heterocycles. The Morgan fingerprint density at radius 2 is 0.528 bits per heavy atom. The zero-order valence-electron chi connectivity index (χ0n) is 40.8. The number of aromatic nitrogens is 8. The number of benzene rings is 8. The Morgan fingerprint density at radius 1 is 0.306 bits per heavy atom. The van der Waals surface area contributed by atoms with Gasteiger partial charge in [0.25, 0.3) is 0 Å². The molecule has 0 saturated carbocycles. The second-order valence-electron chi connectivity index (χ2n) is 17.8. The lowest BCUT2D eigenvalue weighted by atomic mass is 9.90. The molecule has 0 fully saturated rings. The number of nitrogens with zero attached hydrogens (tertiary/aromatic N) is 12. The molecule has 72 heavy (non-hydrogen) atoms. The molecule has 0 aliphatic rings. The quantitative estimate of drug-likeness (QED) is 0.0886. The monoisotopic (exact) mass is 942 g/mol. The summed E-state index contributed by atoms with van der Waals surface area (Å²) in [5.74, 6) is 0. The number of para-hydroxylation sites is 4. The van der Waals surface area contributed by atoms with E-state index >= 15 is 0 Å². The van der Waals surface area contributed by atoms with E-state index in [1.807, 2.05) is 50.1 Å². The van der Waals surface area contributed by atoms with Gasteiger partial charge < -0.3 is 0 Å². The predicted octanol–water partition coefficient (Wildman–Crippen LogP) is 14.0. The summed E-state index contributed by atoms with van der Waals surface area (Å²) in [7, 11) is 0. The molecule has 0 bridgehead atoms. The smallest absolute Gasteiger partial charge is 0.115 e. The van der Waals surface area contributed by atoms with Crippen LogP contribution in [0.25, 0.3) is 32.3 Å². The molecule has 0 unspecified atom stereocenters. The molecule has 12 nitrogen and oxygen atoms in total. The van der Waals surface area contributed by atoms with Crippen LogP contribution in [0.1, 0.15) is 50.5 Å². The molecule has 8 aromatic carbocycles. The van der Waals surface area contributed by atoms with Crippen molar-refractivity contribution in [2.45, 2.75) is 53.4 Å². The molecular formula is C60H54N12. The van der Waals surface area contributed by atoms with Gasteiger partial charge in [0.2, 0.25) is 0 Å². The second kappa shape index (κ2) is 18.6. The number of hydrogen-bond donors (Lipinski definition) is 0. The lowest BCUT2D eigenvalue weighted by Crippen LogP contribution is -2.29. The summed E-state index contributed by atoms with van der Waals surface area (Å²) >= 11 is 0. The van der Waals surface area contributed by atoms with Crippen molar-refractivity contribution >= 4 is 77.8 Å². The maximum absolute atomic E-state index is 4.76. The van der Waals surface area contributed by atoms with Gasteiger partial charge in [-0.2, -0.15) is 0 Å². The van der Waals surface area contributed by atoms with Gasteiger partial charge in [0.1, 0.15) is 25.3 Å². The van der Waals surface area contributed by atoms with E-state index < -0.39 is 0 Å². The Bertz CT molecular complexity index is 3290. The third-order valence-electron chi connectivity index (χ3n) is 13.8. The largest absolute Gasteiger partial charge is 0.248 e. The molecule has 12 heteroatoms. The average molecular weight is 943 g/mol. The highest BCUT2D eigenvalue weighted by Crippen LogP contribution is 2.52. The lowest BCUT2D eigenvalue weighted by Gasteiger charge is -2.35. The van der Waals surface area contributed by atoms with Crippen molar-refractivity contribution in [1.82, 2.24) is 38.6 Å². The highest BCUT2D eigenvalue weighted by Gasteiger charge is 2.30. The first-order valence-electron chi connectivity index (χ1n) is 24.8. The highest BCUT2D eigenvalue weighted by molar-refractivity contribution is 6.32. The van der Waals surface area contributed by atoms with Crippen LogP contribution in [0.3, 0.4) is 0 Å². The first-order chi connectivity index (χ1) is 35.6. The average Bonchev–Trinajstić information content (AvgIpc) is 4.30.